The second-order valence-electron chi connectivity index (χ2n) is 3.61. The van der Waals surface area contributed by atoms with Crippen molar-refractivity contribution in [3.05, 3.63) is 32.6 Å². The van der Waals surface area contributed by atoms with Crippen molar-refractivity contribution < 1.29 is 0 Å². The van der Waals surface area contributed by atoms with Crippen LogP contribution in [0.25, 0.3) is 0 Å². The summed E-state index contributed by atoms with van der Waals surface area (Å²) >= 11 is 5.17. The highest BCUT2D eigenvalue weighted by Crippen LogP contribution is 2.21. The lowest BCUT2D eigenvalue weighted by atomic mass is 10.3. The van der Waals surface area contributed by atoms with Gasteiger partial charge in [0.2, 0.25) is 0 Å². The van der Waals surface area contributed by atoms with Gasteiger partial charge in [-0.25, -0.2) is 0 Å². The Morgan fingerprint density at radius 3 is 2.88 bits per heavy atom. The van der Waals surface area contributed by atoms with Crippen molar-refractivity contribution in [1.82, 2.24) is 9.78 Å². The Balaban J connectivity index is 2.01. The Kier molecular flexibility index (Phi) is 3.66. The smallest absolute Gasteiger partial charge is 0.124 e. The van der Waals surface area contributed by atoms with Crippen molar-refractivity contribution >= 4 is 33.1 Å². The van der Waals surface area contributed by atoms with Crippen LogP contribution in [0.1, 0.15) is 18.2 Å². The van der Waals surface area contributed by atoms with Gasteiger partial charge in [-0.3, -0.25) is 4.68 Å². The summed E-state index contributed by atoms with van der Waals surface area (Å²) < 4.78 is 3.06. The summed E-state index contributed by atoms with van der Waals surface area (Å²) in [5.41, 5.74) is 2.41. The van der Waals surface area contributed by atoms with E-state index in [4.69, 9.17) is 0 Å². The fourth-order valence-corrected chi connectivity index (χ4v) is 2.71. The molecule has 5 heteroatoms. The van der Waals surface area contributed by atoms with Crippen LogP contribution in [0, 0.1) is 0 Å². The van der Waals surface area contributed by atoms with Crippen molar-refractivity contribution in [3.63, 3.8) is 0 Å². The van der Waals surface area contributed by atoms with E-state index < -0.39 is 0 Å². The molecule has 0 saturated heterocycles. The van der Waals surface area contributed by atoms with E-state index in [2.05, 4.69) is 50.8 Å². The molecular formula is C11H14BrN3S. The molecule has 0 aliphatic rings. The van der Waals surface area contributed by atoms with Crippen LogP contribution in [0.3, 0.4) is 0 Å². The third kappa shape index (κ3) is 2.65. The number of halogens is 1. The number of rotatable bonds is 4. The molecule has 1 N–H and O–H groups in total. The molecule has 2 aromatic rings. The number of nitrogens with one attached hydrogen (secondary N) is 1. The van der Waals surface area contributed by atoms with Crippen LogP contribution in [0.2, 0.25) is 0 Å². The van der Waals surface area contributed by atoms with E-state index >= 15 is 0 Å². The van der Waals surface area contributed by atoms with Crippen molar-refractivity contribution in [2.24, 2.45) is 7.05 Å². The standard InChI is InChI=1S/C11H14BrN3S/c1-3-9-5-11(15(2)14-9)13-6-8-4-10(12)16-7-8/h4-5,7,13H,3,6H2,1-2H3. The topological polar surface area (TPSA) is 29.9 Å². The first-order valence-electron chi connectivity index (χ1n) is 5.18. The predicted octanol–water partition coefficient (Wildman–Crippen LogP) is 3.42. The molecule has 2 rings (SSSR count). The molecule has 0 saturated carbocycles. The van der Waals surface area contributed by atoms with Crippen LogP contribution in [0.5, 0.6) is 0 Å². The molecule has 86 valence electrons. The fourth-order valence-electron chi connectivity index (χ4n) is 1.50. The number of hydrogen-bond donors (Lipinski definition) is 1. The minimum Gasteiger partial charge on any atom is -0.366 e. The Labute approximate surface area is 108 Å². The van der Waals surface area contributed by atoms with Crippen LogP contribution in [-0.2, 0) is 20.0 Å². The monoisotopic (exact) mass is 299 g/mol. The fraction of sp³-hybridized carbons (Fsp3) is 0.364. The third-order valence-electron chi connectivity index (χ3n) is 2.39. The van der Waals surface area contributed by atoms with Gasteiger partial charge in [0.05, 0.1) is 9.48 Å². The summed E-state index contributed by atoms with van der Waals surface area (Å²) in [5, 5.41) is 9.92. The molecule has 0 bridgehead atoms. The minimum absolute atomic E-state index is 0.838. The van der Waals surface area contributed by atoms with Crippen LogP contribution in [0.15, 0.2) is 21.3 Å². The minimum atomic E-state index is 0.838. The predicted molar refractivity (Wildman–Crippen MR) is 71.9 cm³/mol. The van der Waals surface area contributed by atoms with Crippen molar-refractivity contribution in [2.45, 2.75) is 19.9 Å². The van der Waals surface area contributed by atoms with Gasteiger partial charge in [-0.1, -0.05) is 6.92 Å². The number of aryl methyl sites for hydroxylation is 2. The zero-order chi connectivity index (χ0) is 11.5. The highest BCUT2D eigenvalue weighted by Gasteiger charge is 2.03. The molecule has 0 unspecified atom stereocenters. The molecule has 3 nitrogen and oxygen atoms in total. The maximum absolute atomic E-state index is 4.39. The molecule has 0 aliphatic heterocycles. The average Bonchev–Trinajstić information content (AvgIpc) is 2.82. The lowest BCUT2D eigenvalue weighted by molar-refractivity contribution is 0.748. The summed E-state index contributed by atoms with van der Waals surface area (Å²) in [7, 11) is 1.96. The average molecular weight is 300 g/mol. The summed E-state index contributed by atoms with van der Waals surface area (Å²) in [4.78, 5) is 0. The third-order valence-corrected chi connectivity index (χ3v) is 3.94. The second-order valence-corrected chi connectivity index (χ2v) is 5.90. The van der Waals surface area contributed by atoms with E-state index in [0.29, 0.717) is 0 Å². The van der Waals surface area contributed by atoms with Gasteiger partial charge in [0.1, 0.15) is 5.82 Å². The number of anilines is 1. The van der Waals surface area contributed by atoms with E-state index in [1.807, 2.05) is 11.7 Å². The lowest BCUT2D eigenvalue weighted by Gasteiger charge is -2.03. The van der Waals surface area contributed by atoms with E-state index in [0.717, 1.165) is 24.5 Å². The number of nitrogens with zero attached hydrogens (tertiary/aromatic N) is 2. The van der Waals surface area contributed by atoms with E-state index in [-0.39, 0.29) is 0 Å². The zero-order valence-electron chi connectivity index (χ0n) is 9.33. The first kappa shape index (κ1) is 11.7. The van der Waals surface area contributed by atoms with Crippen molar-refractivity contribution in [1.29, 1.82) is 0 Å². The van der Waals surface area contributed by atoms with Gasteiger partial charge in [-0.2, -0.15) is 5.10 Å². The molecule has 16 heavy (non-hydrogen) atoms. The maximum Gasteiger partial charge on any atom is 0.124 e. The van der Waals surface area contributed by atoms with Gasteiger partial charge >= 0.3 is 0 Å². The zero-order valence-corrected chi connectivity index (χ0v) is 11.7. The molecule has 2 aromatic heterocycles. The van der Waals surface area contributed by atoms with Crippen molar-refractivity contribution in [2.75, 3.05) is 5.32 Å². The molecule has 0 aromatic carbocycles. The SMILES string of the molecule is CCc1cc(NCc2csc(Br)c2)n(C)n1. The van der Waals surface area contributed by atoms with E-state index in [9.17, 15) is 0 Å². The Hall–Kier alpha value is -0.810. The maximum atomic E-state index is 4.39. The molecule has 0 spiro atoms. The molecular weight excluding hydrogens is 286 g/mol. The number of hydrogen-bond acceptors (Lipinski definition) is 3. The highest BCUT2D eigenvalue weighted by molar-refractivity contribution is 9.11. The van der Waals surface area contributed by atoms with E-state index in [1.165, 1.54) is 9.35 Å². The van der Waals surface area contributed by atoms with Gasteiger partial charge < -0.3 is 5.32 Å². The first-order valence-corrected chi connectivity index (χ1v) is 6.86. The molecule has 0 radical (unpaired) electrons. The van der Waals surface area contributed by atoms with Crippen molar-refractivity contribution in [3.8, 4) is 0 Å². The van der Waals surface area contributed by atoms with Crippen LogP contribution in [-0.4, -0.2) is 9.78 Å². The van der Waals surface area contributed by atoms with Crippen LogP contribution < -0.4 is 5.32 Å². The normalized spacial score (nSPS) is 10.7. The lowest BCUT2D eigenvalue weighted by Crippen LogP contribution is -2.03. The summed E-state index contributed by atoms with van der Waals surface area (Å²) in [6.45, 7) is 2.95. The summed E-state index contributed by atoms with van der Waals surface area (Å²) in [6, 6.07) is 4.23. The first-order chi connectivity index (χ1) is 7.69. The molecule has 0 atom stereocenters. The van der Waals surface area contributed by atoms with Gasteiger partial charge in [-0.05, 0) is 39.4 Å². The largest absolute Gasteiger partial charge is 0.366 e. The Bertz CT molecular complexity index is 475. The van der Waals surface area contributed by atoms with Gasteiger partial charge in [0.25, 0.3) is 0 Å². The van der Waals surface area contributed by atoms with Gasteiger partial charge in [0, 0.05) is 19.7 Å². The van der Waals surface area contributed by atoms with E-state index in [1.54, 1.807) is 11.3 Å². The molecule has 0 fully saturated rings. The van der Waals surface area contributed by atoms with Crippen LogP contribution in [0.4, 0.5) is 5.82 Å². The van der Waals surface area contributed by atoms with Crippen LogP contribution >= 0.6 is 27.3 Å². The van der Waals surface area contributed by atoms with Gasteiger partial charge in [-0.15, -0.1) is 11.3 Å². The second kappa shape index (κ2) is 5.01. The number of aromatic nitrogens is 2. The number of thiophene rings is 1. The summed E-state index contributed by atoms with van der Waals surface area (Å²) in [5.74, 6) is 1.07. The van der Waals surface area contributed by atoms with Gasteiger partial charge in [0.15, 0.2) is 0 Å². The molecule has 2 heterocycles. The Morgan fingerprint density at radius 1 is 1.50 bits per heavy atom. The molecule has 0 amide bonds. The summed E-state index contributed by atoms with van der Waals surface area (Å²) in [6.07, 6.45) is 0.972. The molecule has 0 aliphatic carbocycles. The highest BCUT2D eigenvalue weighted by atomic mass is 79.9. The quantitative estimate of drug-likeness (QED) is 0.937. The Morgan fingerprint density at radius 2 is 2.31 bits per heavy atom.